The van der Waals surface area contributed by atoms with Crippen molar-refractivity contribution >= 4 is 78.3 Å². The van der Waals surface area contributed by atoms with E-state index in [1.54, 1.807) is 0 Å². The summed E-state index contributed by atoms with van der Waals surface area (Å²) in [4.78, 5) is 25.8. The molecule has 8 heteroatoms. The van der Waals surface area contributed by atoms with Crippen molar-refractivity contribution in [2.45, 2.75) is 38.5 Å². The van der Waals surface area contributed by atoms with Gasteiger partial charge in [0.15, 0.2) is 0 Å². The molecule has 0 radical (unpaired) electrons. The Balaban J connectivity index is 0.738. The number of aromatic nitrogens is 6. The average molecular weight is 1360 g/mol. The first kappa shape index (κ1) is 62.2. The van der Waals surface area contributed by atoms with Crippen LogP contribution in [0.2, 0.25) is 0 Å². The van der Waals surface area contributed by atoms with Crippen LogP contribution in [-0.2, 0) is 10.8 Å². The first-order valence-electron chi connectivity index (χ1n) is 36.4. The number of hydrogen-bond acceptors (Lipinski definition) is 6. The van der Waals surface area contributed by atoms with E-state index in [0.717, 1.165) is 112 Å². The lowest BCUT2D eigenvalue weighted by molar-refractivity contribution is 0.661. The van der Waals surface area contributed by atoms with Crippen molar-refractivity contribution < 1.29 is 0 Å². The number of anilines is 6. The van der Waals surface area contributed by atoms with Crippen molar-refractivity contribution in [1.29, 1.82) is 0 Å². The van der Waals surface area contributed by atoms with Crippen LogP contribution in [0.3, 0.4) is 0 Å². The molecular weight excluding hydrogens is 1290 g/mol. The lowest BCUT2D eigenvalue weighted by Gasteiger charge is -2.25. The molecule has 0 amide bonds. The van der Waals surface area contributed by atoms with Crippen LogP contribution >= 0.6 is 0 Å². The van der Waals surface area contributed by atoms with E-state index in [0.29, 0.717) is 11.9 Å². The smallest absolute Gasteiger partial charge is 0.235 e. The third kappa shape index (κ3) is 10.2. The van der Waals surface area contributed by atoms with Gasteiger partial charge in [0.25, 0.3) is 0 Å². The summed E-state index contributed by atoms with van der Waals surface area (Å²) in [6.45, 7) is 9.50. The van der Waals surface area contributed by atoms with Gasteiger partial charge in [0.05, 0.1) is 44.8 Å². The maximum Gasteiger partial charge on any atom is 0.235 e. The summed E-state index contributed by atoms with van der Waals surface area (Å²) < 4.78 is 4.95. The Bertz CT molecular complexity index is 5960. The van der Waals surface area contributed by atoms with Gasteiger partial charge in [-0.1, -0.05) is 246 Å². The molecule has 0 saturated carbocycles. The minimum Gasteiger partial charge on any atom is -0.309 e. The molecule has 18 aromatic rings. The molecule has 0 atom stereocenters. The van der Waals surface area contributed by atoms with Gasteiger partial charge in [0, 0.05) is 88.8 Å². The third-order valence-corrected chi connectivity index (χ3v) is 22.1. The molecule has 14 aromatic carbocycles. The maximum absolute atomic E-state index is 5.35. The summed E-state index contributed by atoms with van der Waals surface area (Å²) in [6, 6.07) is 127. The zero-order chi connectivity index (χ0) is 70.8. The Morgan fingerprint density at radius 2 is 0.519 bits per heavy atom. The molecule has 0 bridgehead atoms. The van der Waals surface area contributed by atoms with E-state index >= 15 is 0 Å². The SMILES string of the molecule is CC1(C)c2ccccc2-c2cc3c4cc(-c5ccc6c(c5)c5cc7c(cc5n6-c5ccc(N(c6ccccc6)c6nc(-c8ccccc8)cc(-c8ccccc8)n6)cc5)C(C)(C)c5ccccc5-7)ccc4n(-c4ccc(N(c5ccccc5)c5nc(-c6ccccc6)cc(-c6ccccc6)n5)cc4)c3cc21. The standard InChI is InChI=1S/C98H70N8/c1-97(2)83-41-25-23-39-75(83)77-57-81-79-55-67(43-53-91(79)105(93(81)59-85(77)97)73-49-45-71(46-50-73)103(69-35-19-9-20-36-69)95-99-87(63-27-11-5-12-28-63)61-88(100-95)64-29-13-6-14-30-64)68-44-54-92-80(56-68)82-58-78-76-40-24-26-42-84(76)98(3,4)86(78)60-94(82)106(92)74-51-47-72(48-52-74)104(70-37-21-10-22-38-70)96-101-89(65-31-15-7-16-32-65)62-90(102-96)66-33-17-8-18-34-66/h5-62H,1-4H3. The van der Waals surface area contributed by atoms with E-state index in [1.165, 1.54) is 66.1 Å². The number of nitrogens with zero attached hydrogens (tertiary/aromatic N) is 8. The predicted octanol–water partition coefficient (Wildman–Crippen LogP) is 25.3. The lowest BCUT2D eigenvalue weighted by atomic mass is 9.82. The van der Waals surface area contributed by atoms with Crippen molar-refractivity contribution in [2.24, 2.45) is 0 Å². The number of para-hydroxylation sites is 2. The maximum atomic E-state index is 5.35. The minimum absolute atomic E-state index is 0.214. The van der Waals surface area contributed by atoms with Crippen LogP contribution in [-0.4, -0.2) is 29.1 Å². The van der Waals surface area contributed by atoms with Gasteiger partial charge in [-0.05, 0) is 189 Å². The van der Waals surface area contributed by atoms with Crippen LogP contribution in [0.4, 0.5) is 34.6 Å². The second-order valence-electron chi connectivity index (χ2n) is 29.0. The topological polar surface area (TPSA) is 67.9 Å². The van der Waals surface area contributed by atoms with E-state index in [4.69, 9.17) is 19.9 Å². The summed E-state index contributed by atoms with van der Waals surface area (Å²) in [6.07, 6.45) is 0. The van der Waals surface area contributed by atoms with Gasteiger partial charge in [-0.15, -0.1) is 0 Å². The van der Waals surface area contributed by atoms with Gasteiger partial charge in [0.2, 0.25) is 11.9 Å². The van der Waals surface area contributed by atoms with Crippen molar-refractivity contribution in [1.82, 2.24) is 29.1 Å². The normalized spacial score (nSPS) is 13.1. The van der Waals surface area contributed by atoms with E-state index in [-0.39, 0.29) is 10.8 Å². The molecule has 20 rings (SSSR count). The molecule has 0 spiro atoms. The number of fused-ring (bicyclic) bond motifs is 12. The fraction of sp³-hybridized carbons (Fsp3) is 0.0612. The van der Waals surface area contributed by atoms with Gasteiger partial charge in [0.1, 0.15) is 0 Å². The molecule has 4 heterocycles. The van der Waals surface area contributed by atoms with Crippen molar-refractivity contribution in [3.63, 3.8) is 0 Å². The molecule has 0 fully saturated rings. The molecule has 0 saturated heterocycles. The zero-order valence-corrected chi connectivity index (χ0v) is 59.1. The second kappa shape index (κ2) is 24.6. The lowest BCUT2D eigenvalue weighted by Crippen LogP contribution is -2.15. The van der Waals surface area contributed by atoms with Crippen LogP contribution in [0.25, 0.3) is 133 Å². The second-order valence-corrected chi connectivity index (χ2v) is 29.0. The summed E-state index contributed by atoms with van der Waals surface area (Å²) in [7, 11) is 0. The Kier molecular flexibility index (Phi) is 14.4. The van der Waals surface area contributed by atoms with Gasteiger partial charge in [-0.2, -0.15) is 0 Å². The molecule has 502 valence electrons. The van der Waals surface area contributed by atoms with Gasteiger partial charge >= 0.3 is 0 Å². The Hall–Kier alpha value is -13.6. The highest BCUT2D eigenvalue weighted by Gasteiger charge is 2.38. The average Bonchev–Trinajstić information content (AvgIpc) is 1.55. The molecule has 8 nitrogen and oxygen atoms in total. The Labute approximate surface area is 615 Å². The highest BCUT2D eigenvalue weighted by molar-refractivity contribution is 6.15. The first-order chi connectivity index (χ1) is 52.1. The monoisotopic (exact) mass is 1360 g/mol. The number of hydrogen-bond donors (Lipinski definition) is 0. The number of rotatable bonds is 13. The fourth-order valence-electron chi connectivity index (χ4n) is 16.9. The molecular formula is C98H70N8. The van der Waals surface area contributed by atoms with Gasteiger partial charge in [-0.25, -0.2) is 19.9 Å². The Morgan fingerprint density at radius 3 is 0.858 bits per heavy atom. The Morgan fingerprint density at radius 1 is 0.226 bits per heavy atom. The van der Waals surface area contributed by atoms with Crippen molar-refractivity contribution in [2.75, 3.05) is 9.80 Å². The highest BCUT2D eigenvalue weighted by atomic mass is 15.3. The van der Waals surface area contributed by atoms with Gasteiger partial charge in [-0.3, -0.25) is 9.80 Å². The zero-order valence-electron chi connectivity index (χ0n) is 59.1. The highest BCUT2D eigenvalue weighted by Crippen LogP contribution is 2.54. The summed E-state index contributed by atoms with van der Waals surface area (Å²) in [5.41, 5.74) is 30.3. The van der Waals surface area contributed by atoms with E-state index in [1.807, 2.05) is 24.3 Å². The van der Waals surface area contributed by atoms with E-state index in [9.17, 15) is 0 Å². The van der Waals surface area contributed by atoms with Crippen molar-refractivity contribution in [3.05, 3.63) is 374 Å². The quantitative estimate of drug-likeness (QED) is 0.115. The molecule has 0 unspecified atom stereocenters. The molecule has 106 heavy (non-hydrogen) atoms. The fourth-order valence-corrected chi connectivity index (χ4v) is 16.9. The summed E-state index contributed by atoms with van der Waals surface area (Å²) in [5.74, 6) is 1.16. The number of benzene rings is 14. The van der Waals surface area contributed by atoms with E-state index < -0.39 is 0 Å². The molecule has 0 aliphatic heterocycles. The van der Waals surface area contributed by atoms with Crippen LogP contribution in [0, 0.1) is 0 Å². The van der Waals surface area contributed by atoms with Crippen molar-refractivity contribution in [3.8, 4) is 89.8 Å². The molecule has 2 aliphatic carbocycles. The summed E-state index contributed by atoms with van der Waals surface area (Å²) in [5, 5.41) is 4.77. The van der Waals surface area contributed by atoms with Crippen LogP contribution in [0.15, 0.2) is 352 Å². The van der Waals surface area contributed by atoms with Crippen LogP contribution < -0.4 is 9.80 Å². The third-order valence-electron chi connectivity index (χ3n) is 22.1. The predicted molar refractivity (Wildman–Crippen MR) is 438 cm³/mol. The van der Waals surface area contributed by atoms with Crippen LogP contribution in [0.5, 0.6) is 0 Å². The molecule has 2 aliphatic rings. The summed E-state index contributed by atoms with van der Waals surface area (Å²) >= 11 is 0. The molecule has 0 N–H and O–H groups in total. The first-order valence-corrected chi connectivity index (χ1v) is 36.4. The molecule has 4 aromatic heterocycles. The minimum atomic E-state index is -0.214. The van der Waals surface area contributed by atoms with Gasteiger partial charge < -0.3 is 9.13 Å². The van der Waals surface area contributed by atoms with Crippen LogP contribution in [0.1, 0.15) is 49.9 Å². The largest absolute Gasteiger partial charge is 0.309 e. The van der Waals surface area contributed by atoms with E-state index in [2.05, 4.69) is 374 Å².